The standard InChI is InChI=1S/C17H13N5OS/c1-23-14-4-2-12(3-5-14)16-11-24-17(20-16)15(10-18)22-21-13-6-8-19-9-7-13/h2-9,11H,1H3,(H,19,21)/b22-15+. The topological polar surface area (TPSA) is 83.2 Å². The average Bonchev–Trinajstić information content (AvgIpc) is 3.13. The number of benzene rings is 1. The number of anilines is 1. The van der Waals surface area contributed by atoms with Crippen LogP contribution in [0.15, 0.2) is 59.3 Å². The number of hydrazone groups is 1. The first-order valence-corrected chi connectivity index (χ1v) is 7.92. The number of thiazole rings is 1. The second-order valence-electron chi connectivity index (χ2n) is 4.69. The number of nitriles is 1. The molecule has 24 heavy (non-hydrogen) atoms. The van der Waals surface area contributed by atoms with Crippen molar-refractivity contribution in [3.63, 3.8) is 0 Å². The van der Waals surface area contributed by atoms with E-state index in [1.54, 1.807) is 31.6 Å². The lowest BCUT2D eigenvalue weighted by molar-refractivity contribution is 0.415. The summed E-state index contributed by atoms with van der Waals surface area (Å²) in [6.45, 7) is 0. The highest BCUT2D eigenvalue weighted by Crippen LogP contribution is 2.24. The second kappa shape index (κ2) is 7.35. The first-order valence-electron chi connectivity index (χ1n) is 7.04. The van der Waals surface area contributed by atoms with Crippen molar-refractivity contribution in [2.75, 3.05) is 12.5 Å². The van der Waals surface area contributed by atoms with Gasteiger partial charge in [-0.3, -0.25) is 10.4 Å². The van der Waals surface area contributed by atoms with E-state index < -0.39 is 0 Å². The van der Waals surface area contributed by atoms with Crippen molar-refractivity contribution < 1.29 is 4.74 Å². The van der Waals surface area contributed by atoms with Crippen molar-refractivity contribution in [1.82, 2.24) is 9.97 Å². The van der Waals surface area contributed by atoms with E-state index in [0.29, 0.717) is 5.01 Å². The molecule has 0 atom stereocenters. The van der Waals surface area contributed by atoms with Crippen LogP contribution in [-0.4, -0.2) is 22.8 Å². The van der Waals surface area contributed by atoms with E-state index in [1.165, 1.54) is 11.3 Å². The fraction of sp³-hybridized carbons (Fsp3) is 0.0588. The number of rotatable bonds is 5. The van der Waals surface area contributed by atoms with Gasteiger partial charge in [-0.1, -0.05) is 0 Å². The Hall–Kier alpha value is -3.24. The number of nitrogens with zero attached hydrogens (tertiary/aromatic N) is 4. The minimum absolute atomic E-state index is 0.233. The SMILES string of the molecule is COc1ccc(-c2csc(/C(C#N)=N/Nc3ccncc3)n2)cc1. The number of aromatic nitrogens is 2. The minimum atomic E-state index is 0.233. The van der Waals surface area contributed by atoms with E-state index in [1.807, 2.05) is 29.6 Å². The van der Waals surface area contributed by atoms with Gasteiger partial charge in [-0.15, -0.1) is 11.3 Å². The normalized spacial score (nSPS) is 10.9. The fourth-order valence-corrected chi connectivity index (χ4v) is 2.71. The van der Waals surface area contributed by atoms with Crippen molar-refractivity contribution >= 4 is 22.7 Å². The average molecular weight is 335 g/mol. The summed E-state index contributed by atoms with van der Waals surface area (Å²) in [6, 6.07) is 13.2. The molecule has 0 aliphatic rings. The Morgan fingerprint density at radius 1 is 1.21 bits per heavy atom. The summed E-state index contributed by atoms with van der Waals surface area (Å²) in [7, 11) is 1.63. The van der Waals surface area contributed by atoms with Gasteiger partial charge < -0.3 is 4.74 Å². The zero-order valence-corrected chi connectivity index (χ0v) is 13.6. The molecule has 0 unspecified atom stereocenters. The van der Waals surface area contributed by atoms with Crippen LogP contribution in [0.3, 0.4) is 0 Å². The van der Waals surface area contributed by atoms with Crippen molar-refractivity contribution in [2.24, 2.45) is 5.10 Å². The van der Waals surface area contributed by atoms with Crippen LogP contribution in [-0.2, 0) is 0 Å². The summed E-state index contributed by atoms with van der Waals surface area (Å²) < 4.78 is 5.15. The Morgan fingerprint density at radius 2 is 1.96 bits per heavy atom. The van der Waals surface area contributed by atoms with E-state index in [9.17, 15) is 5.26 Å². The molecule has 6 nitrogen and oxygen atoms in total. The fourth-order valence-electron chi connectivity index (χ4n) is 1.94. The molecule has 0 radical (unpaired) electrons. The Kier molecular flexibility index (Phi) is 4.79. The maximum absolute atomic E-state index is 9.32. The molecule has 0 aliphatic carbocycles. The van der Waals surface area contributed by atoms with Crippen molar-refractivity contribution in [2.45, 2.75) is 0 Å². The van der Waals surface area contributed by atoms with Gasteiger partial charge in [0.2, 0.25) is 0 Å². The predicted octanol–water partition coefficient (Wildman–Crippen LogP) is 3.55. The van der Waals surface area contributed by atoms with Gasteiger partial charge in [0.15, 0.2) is 10.7 Å². The van der Waals surface area contributed by atoms with Gasteiger partial charge in [-0.25, -0.2) is 4.98 Å². The molecule has 2 aromatic heterocycles. The van der Waals surface area contributed by atoms with Crippen LogP contribution < -0.4 is 10.2 Å². The third kappa shape index (κ3) is 3.56. The number of ether oxygens (including phenoxy) is 1. The molecule has 0 bridgehead atoms. The van der Waals surface area contributed by atoms with Gasteiger partial charge in [0, 0.05) is 23.3 Å². The molecule has 0 spiro atoms. The summed E-state index contributed by atoms with van der Waals surface area (Å²) in [4.78, 5) is 8.42. The Balaban J connectivity index is 1.81. The third-order valence-electron chi connectivity index (χ3n) is 3.18. The molecule has 0 saturated heterocycles. The first-order chi connectivity index (χ1) is 11.8. The molecule has 0 aliphatic heterocycles. The Labute approximate surface area is 143 Å². The van der Waals surface area contributed by atoms with Crippen LogP contribution in [0.25, 0.3) is 11.3 Å². The van der Waals surface area contributed by atoms with Crippen LogP contribution >= 0.6 is 11.3 Å². The van der Waals surface area contributed by atoms with Gasteiger partial charge in [-0.2, -0.15) is 10.4 Å². The maximum Gasteiger partial charge on any atom is 0.196 e. The van der Waals surface area contributed by atoms with Gasteiger partial charge in [0.25, 0.3) is 0 Å². The van der Waals surface area contributed by atoms with Crippen molar-refractivity contribution in [3.8, 4) is 23.1 Å². The van der Waals surface area contributed by atoms with E-state index in [4.69, 9.17) is 4.74 Å². The second-order valence-corrected chi connectivity index (χ2v) is 5.54. The number of pyridine rings is 1. The Morgan fingerprint density at radius 3 is 2.62 bits per heavy atom. The van der Waals surface area contributed by atoms with Crippen molar-refractivity contribution in [3.05, 3.63) is 59.2 Å². The highest BCUT2D eigenvalue weighted by atomic mass is 32.1. The molecule has 0 fully saturated rings. The lowest BCUT2D eigenvalue weighted by Gasteiger charge is -2.00. The van der Waals surface area contributed by atoms with E-state index in [-0.39, 0.29) is 5.71 Å². The molecule has 118 valence electrons. The largest absolute Gasteiger partial charge is 0.497 e. The Bertz CT molecular complexity index is 881. The van der Waals surface area contributed by atoms with Crippen LogP contribution in [0.2, 0.25) is 0 Å². The van der Waals surface area contributed by atoms with Crippen LogP contribution in [0.1, 0.15) is 5.01 Å². The first kappa shape index (κ1) is 15.6. The number of hydrogen-bond donors (Lipinski definition) is 1. The summed E-state index contributed by atoms with van der Waals surface area (Å²) in [5.41, 5.74) is 5.57. The summed E-state index contributed by atoms with van der Waals surface area (Å²) >= 11 is 1.37. The monoisotopic (exact) mass is 335 g/mol. The maximum atomic E-state index is 9.32. The van der Waals surface area contributed by atoms with Crippen LogP contribution in [0.4, 0.5) is 5.69 Å². The predicted molar refractivity (Wildman–Crippen MR) is 94.1 cm³/mol. The summed E-state index contributed by atoms with van der Waals surface area (Å²) in [5, 5.41) is 15.9. The molecule has 2 heterocycles. The number of methoxy groups -OCH3 is 1. The highest BCUT2D eigenvalue weighted by Gasteiger charge is 2.10. The molecule has 1 aromatic carbocycles. The lowest BCUT2D eigenvalue weighted by Crippen LogP contribution is -2.01. The molecule has 3 aromatic rings. The lowest BCUT2D eigenvalue weighted by atomic mass is 10.2. The minimum Gasteiger partial charge on any atom is -0.497 e. The van der Waals surface area contributed by atoms with E-state index in [0.717, 1.165) is 22.7 Å². The quantitative estimate of drug-likeness (QED) is 0.569. The highest BCUT2D eigenvalue weighted by molar-refractivity contribution is 7.12. The molecule has 1 N–H and O–H groups in total. The molecular weight excluding hydrogens is 322 g/mol. The van der Waals surface area contributed by atoms with Crippen LogP contribution in [0.5, 0.6) is 5.75 Å². The smallest absolute Gasteiger partial charge is 0.196 e. The molecule has 7 heteroatoms. The van der Waals surface area contributed by atoms with Crippen molar-refractivity contribution in [1.29, 1.82) is 5.26 Å². The van der Waals surface area contributed by atoms with E-state index >= 15 is 0 Å². The molecule has 3 rings (SSSR count). The van der Waals surface area contributed by atoms with Gasteiger partial charge in [0.1, 0.15) is 11.8 Å². The van der Waals surface area contributed by atoms with Gasteiger partial charge in [0.05, 0.1) is 18.5 Å². The molecular formula is C17H13N5OS. The molecule has 0 saturated carbocycles. The van der Waals surface area contributed by atoms with Crippen LogP contribution in [0, 0.1) is 11.3 Å². The zero-order valence-electron chi connectivity index (χ0n) is 12.8. The summed E-state index contributed by atoms with van der Waals surface area (Å²) in [6.07, 6.45) is 3.30. The number of hydrogen-bond acceptors (Lipinski definition) is 7. The zero-order chi connectivity index (χ0) is 16.8. The third-order valence-corrected chi connectivity index (χ3v) is 4.02. The van der Waals surface area contributed by atoms with Gasteiger partial charge >= 0.3 is 0 Å². The molecule has 0 amide bonds. The number of nitrogens with one attached hydrogen (secondary N) is 1. The van der Waals surface area contributed by atoms with E-state index in [2.05, 4.69) is 26.6 Å². The summed E-state index contributed by atoms with van der Waals surface area (Å²) in [5.74, 6) is 0.787. The van der Waals surface area contributed by atoms with Gasteiger partial charge in [-0.05, 0) is 36.4 Å².